The summed E-state index contributed by atoms with van der Waals surface area (Å²) in [6.45, 7) is 4.74. The molecule has 1 aromatic rings. The molecule has 1 fully saturated rings. The maximum atomic E-state index is 13.0. The van der Waals surface area contributed by atoms with Crippen molar-refractivity contribution in [3.8, 4) is 0 Å². The van der Waals surface area contributed by atoms with Gasteiger partial charge < -0.3 is 10.6 Å². The van der Waals surface area contributed by atoms with E-state index in [2.05, 4.69) is 4.90 Å². The van der Waals surface area contributed by atoms with Crippen molar-refractivity contribution in [2.45, 2.75) is 37.6 Å². The molecule has 1 saturated heterocycles. The van der Waals surface area contributed by atoms with Gasteiger partial charge in [0, 0.05) is 19.1 Å². The van der Waals surface area contributed by atoms with Crippen LogP contribution in [0.2, 0.25) is 0 Å². The van der Waals surface area contributed by atoms with E-state index in [4.69, 9.17) is 5.73 Å². The largest absolute Gasteiger partial charge is 0.397 e. The molecule has 0 amide bonds. The minimum absolute atomic E-state index is 0.264. The number of benzene rings is 1. The van der Waals surface area contributed by atoms with Crippen LogP contribution in [0.25, 0.3) is 0 Å². The maximum absolute atomic E-state index is 13.0. The summed E-state index contributed by atoms with van der Waals surface area (Å²) in [5.41, 5.74) is 7.95. The van der Waals surface area contributed by atoms with Gasteiger partial charge in [-0.15, -0.1) is 0 Å². The van der Waals surface area contributed by atoms with E-state index in [1.54, 1.807) is 11.2 Å². The lowest BCUT2D eigenvalue weighted by atomic mass is 10.1. The van der Waals surface area contributed by atoms with Gasteiger partial charge in [0.05, 0.1) is 5.69 Å². The second-order valence-corrected chi connectivity index (χ2v) is 7.94. The van der Waals surface area contributed by atoms with Crippen LogP contribution in [0.4, 0.5) is 5.69 Å². The predicted molar refractivity (Wildman–Crippen MR) is 85.8 cm³/mol. The molecule has 1 aliphatic rings. The Morgan fingerprint density at radius 2 is 1.86 bits per heavy atom. The zero-order valence-corrected chi connectivity index (χ0v) is 14.1. The number of rotatable bonds is 3. The van der Waals surface area contributed by atoms with Crippen molar-refractivity contribution < 1.29 is 8.42 Å². The van der Waals surface area contributed by atoms with Crippen LogP contribution >= 0.6 is 0 Å². The molecule has 0 bridgehead atoms. The number of sulfonamides is 1. The first-order valence-corrected chi connectivity index (χ1v) is 8.71. The van der Waals surface area contributed by atoms with Gasteiger partial charge in [-0.2, -0.15) is 4.31 Å². The van der Waals surface area contributed by atoms with E-state index in [0.717, 1.165) is 18.4 Å². The number of anilines is 1. The van der Waals surface area contributed by atoms with Gasteiger partial charge in [-0.1, -0.05) is 12.1 Å². The number of hydrogen-bond acceptors (Lipinski definition) is 4. The summed E-state index contributed by atoms with van der Waals surface area (Å²) in [6, 6.07) is 3.95. The molecule has 0 saturated carbocycles. The molecule has 1 heterocycles. The van der Waals surface area contributed by atoms with Crippen LogP contribution in [0.5, 0.6) is 0 Å². The van der Waals surface area contributed by atoms with Crippen LogP contribution < -0.4 is 5.73 Å². The lowest BCUT2D eigenvalue weighted by Gasteiger charge is -2.35. The van der Waals surface area contributed by atoms with E-state index in [1.165, 1.54) is 0 Å². The van der Waals surface area contributed by atoms with Crippen molar-refractivity contribution >= 4 is 15.7 Å². The van der Waals surface area contributed by atoms with Crippen LogP contribution in [0.15, 0.2) is 17.0 Å². The smallest absolute Gasteiger partial charge is 0.245 e. The number of nitrogen functional groups attached to an aromatic ring is 1. The fraction of sp³-hybridized carbons (Fsp3) is 0.600. The molecule has 1 aromatic carbocycles. The molecule has 1 aliphatic heterocycles. The van der Waals surface area contributed by atoms with Gasteiger partial charge >= 0.3 is 0 Å². The zero-order valence-electron chi connectivity index (χ0n) is 13.3. The number of piperidine rings is 1. The molecule has 21 heavy (non-hydrogen) atoms. The Bertz CT molecular complexity index is 626. The van der Waals surface area contributed by atoms with Crippen LogP contribution in [-0.2, 0) is 10.0 Å². The number of aryl methyl sites for hydroxylation is 2. The zero-order chi connectivity index (χ0) is 15.8. The van der Waals surface area contributed by atoms with Crippen molar-refractivity contribution in [1.29, 1.82) is 0 Å². The van der Waals surface area contributed by atoms with Crippen molar-refractivity contribution in [1.82, 2.24) is 9.21 Å². The fourth-order valence-corrected chi connectivity index (χ4v) is 4.75. The van der Waals surface area contributed by atoms with Crippen LogP contribution in [-0.4, -0.2) is 50.8 Å². The Hall–Kier alpha value is -1.11. The first kappa shape index (κ1) is 16.3. The molecular weight excluding hydrogens is 286 g/mol. The van der Waals surface area contributed by atoms with Gasteiger partial charge in [0.25, 0.3) is 0 Å². The van der Waals surface area contributed by atoms with Gasteiger partial charge in [0.15, 0.2) is 0 Å². The first-order valence-electron chi connectivity index (χ1n) is 7.27. The van der Waals surface area contributed by atoms with Crippen LogP contribution in [0, 0.1) is 13.8 Å². The summed E-state index contributed by atoms with van der Waals surface area (Å²) < 4.78 is 27.5. The van der Waals surface area contributed by atoms with Gasteiger partial charge in [-0.05, 0) is 51.9 Å². The number of nitrogens with two attached hydrogens (primary N) is 1. The van der Waals surface area contributed by atoms with E-state index in [1.807, 2.05) is 33.2 Å². The molecule has 0 radical (unpaired) electrons. The highest BCUT2D eigenvalue weighted by atomic mass is 32.2. The fourth-order valence-electron chi connectivity index (χ4n) is 2.84. The Labute approximate surface area is 127 Å². The van der Waals surface area contributed by atoms with Crippen molar-refractivity contribution in [2.24, 2.45) is 0 Å². The Morgan fingerprint density at radius 1 is 1.24 bits per heavy atom. The third-order valence-corrected chi connectivity index (χ3v) is 6.37. The van der Waals surface area contributed by atoms with E-state index in [0.29, 0.717) is 24.3 Å². The highest BCUT2D eigenvalue weighted by molar-refractivity contribution is 7.89. The maximum Gasteiger partial charge on any atom is 0.245 e. The standard InChI is InChI=1S/C15H25N3O2S/c1-11-7-8-12(2)15(14(11)16)21(19,20)18-9-5-6-13(10-18)17(3)4/h7-8,13H,5-6,9-10,16H2,1-4H3. The second kappa shape index (κ2) is 5.94. The van der Waals surface area contributed by atoms with Gasteiger partial charge in [0.1, 0.15) is 4.90 Å². The Morgan fingerprint density at radius 3 is 2.48 bits per heavy atom. The van der Waals surface area contributed by atoms with Crippen molar-refractivity contribution in [3.63, 3.8) is 0 Å². The Kier molecular flexibility index (Phi) is 4.60. The summed E-state index contributed by atoms with van der Waals surface area (Å²) in [6.07, 6.45) is 1.91. The third-order valence-electron chi connectivity index (χ3n) is 4.30. The average Bonchev–Trinajstić information content (AvgIpc) is 2.43. The first-order chi connectivity index (χ1) is 9.75. The Balaban J connectivity index is 2.41. The third kappa shape index (κ3) is 3.07. The predicted octanol–water partition coefficient (Wildman–Crippen LogP) is 1.60. The molecule has 2 rings (SSSR count). The molecule has 0 aliphatic carbocycles. The summed E-state index contributed by atoms with van der Waals surface area (Å²) in [5.74, 6) is 0. The minimum Gasteiger partial charge on any atom is -0.397 e. The molecule has 0 aromatic heterocycles. The topological polar surface area (TPSA) is 66.6 Å². The highest BCUT2D eigenvalue weighted by Gasteiger charge is 2.33. The molecule has 0 spiro atoms. The number of nitrogens with zero attached hydrogens (tertiary/aromatic N) is 2. The monoisotopic (exact) mass is 311 g/mol. The number of likely N-dealkylation sites (N-methyl/N-ethyl adjacent to an activating group) is 1. The van der Waals surface area contributed by atoms with Gasteiger partial charge in [-0.25, -0.2) is 8.42 Å². The molecule has 118 valence electrons. The van der Waals surface area contributed by atoms with E-state index < -0.39 is 10.0 Å². The van der Waals surface area contributed by atoms with Gasteiger partial charge in [0.2, 0.25) is 10.0 Å². The summed E-state index contributed by atoms with van der Waals surface area (Å²) in [5, 5.41) is 0. The molecule has 1 unspecified atom stereocenters. The van der Waals surface area contributed by atoms with Gasteiger partial charge in [-0.3, -0.25) is 0 Å². The van der Waals surface area contributed by atoms with E-state index in [-0.39, 0.29) is 10.9 Å². The normalized spacial score (nSPS) is 20.9. The van der Waals surface area contributed by atoms with Crippen LogP contribution in [0.3, 0.4) is 0 Å². The molecule has 5 nitrogen and oxygen atoms in total. The average molecular weight is 311 g/mol. The summed E-state index contributed by atoms with van der Waals surface area (Å²) >= 11 is 0. The molecule has 1 atom stereocenters. The van der Waals surface area contributed by atoms with E-state index in [9.17, 15) is 8.42 Å². The summed E-state index contributed by atoms with van der Waals surface area (Å²) in [7, 11) is 0.456. The lowest BCUT2D eigenvalue weighted by molar-refractivity contribution is 0.190. The molecular formula is C15H25N3O2S. The molecule has 2 N–H and O–H groups in total. The lowest BCUT2D eigenvalue weighted by Crippen LogP contribution is -2.47. The van der Waals surface area contributed by atoms with E-state index >= 15 is 0 Å². The quantitative estimate of drug-likeness (QED) is 0.861. The van der Waals surface area contributed by atoms with Crippen molar-refractivity contribution in [2.75, 3.05) is 32.9 Å². The number of hydrogen-bond donors (Lipinski definition) is 1. The van der Waals surface area contributed by atoms with Crippen LogP contribution in [0.1, 0.15) is 24.0 Å². The minimum atomic E-state index is -3.53. The SMILES string of the molecule is Cc1ccc(C)c(S(=O)(=O)N2CCCC(N(C)C)C2)c1N. The highest BCUT2D eigenvalue weighted by Crippen LogP contribution is 2.30. The van der Waals surface area contributed by atoms with Crippen molar-refractivity contribution in [3.05, 3.63) is 23.3 Å². The molecule has 6 heteroatoms. The second-order valence-electron chi connectivity index (χ2n) is 6.06. The summed E-state index contributed by atoms with van der Waals surface area (Å²) in [4.78, 5) is 2.37.